The maximum atomic E-state index is 12.9. The van der Waals surface area contributed by atoms with Gasteiger partial charge in [0.2, 0.25) is 0 Å². The summed E-state index contributed by atoms with van der Waals surface area (Å²) < 4.78 is 28.5. The van der Waals surface area contributed by atoms with Gasteiger partial charge in [-0.1, -0.05) is 18.2 Å². The Kier molecular flexibility index (Phi) is 5.98. The third-order valence-electron chi connectivity index (χ3n) is 4.37. The lowest BCUT2D eigenvalue weighted by Gasteiger charge is -2.13. The predicted octanol–water partition coefficient (Wildman–Crippen LogP) is 3.74. The van der Waals surface area contributed by atoms with Gasteiger partial charge in [-0.15, -0.1) is 0 Å². The van der Waals surface area contributed by atoms with Gasteiger partial charge in [0, 0.05) is 17.4 Å². The number of aryl methyl sites for hydroxylation is 3. The summed E-state index contributed by atoms with van der Waals surface area (Å²) in [6, 6.07) is 15.6. The van der Waals surface area contributed by atoms with Crippen LogP contribution in [0.1, 0.15) is 32.7 Å². The summed E-state index contributed by atoms with van der Waals surface area (Å²) in [7, 11) is -3.84. The lowest BCUT2D eigenvalue weighted by Crippen LogP contribution is -2.24. The van der Waals surface area contributed by atoms with E-state index in [0.29, 0.717) is 11.3 Å². The number of amides is 1. The Morgan fingerprint density at radius 3 is 2.34 bits per heavy atom. The Morgan fingerprint density at radius 2 is 1.69 bits per heavy atom. The molecule has 6 nitrogen and oxygen atoms in total. The average molecular weight is 410 g/mol. The van der Waals surface area contributed by atoms with Crippen LogP contribution in [0.25, 0.3) is 0 Å². The standard InChI is InChI=1S/C22H23N3O3S/c1-15-10-16(2)12-20(11-15)25-29(27,28)21-13-18(8-7-17(21)3)22(26)24-14-19-6-4-5-9-23-19/h4-13,25H,14H2,1-3H3,(H,24,26). The molecule has 0 unspecified atom stereocenters. The number of hydrogen-bond donors (Lipinski definition) is 2. The molecule has 0 saturated carbocycles. The van der Waals surface area contributed by atoms with Gasteiger partial charge in [0.15, 0.2) is 0 Å². The third kappa shape index (κ3) is 5.20. The highest BCUT2D eigenvalue weighted by atomic mass is 32.2. The van der Waals surface area contributed by atoms with Gasteiger partial charge in [0.25, 0.3) is 15.9 Å². The quantitative estimate of drug-likeness (QED) is 0.649. The molecule has 3 aromatic rings. The first-order valence-electron chi connectivity index (χ1n) is 9.14. The molecule has 0 spiro atoms. The number of anilines is 1. The van der Waals surface area contributed by atoms with E-state index >= 15 is 0 Å². The van der Waals surface area contributed by atoms with Crippen molar-refractivity contribution in [3.63, 3.8) is 0 Å². The van der Waals surface area contributed by atoms with Crippen LogP contribution in [0.5, 0.6) is 0 Å². The van der Waals surface area contributed by atoms with E-state index in [1.807, 2.05) is 26.0 Å². The van der Waals surface area contributed by atoms with Gasteiger partial charge in [-0.05, 0) is 73.9 Å². The fourth-order valence-electron chi connectivity index (χ4n) is 3.05. The van der Waals surface area contributed by atoms with E-state index < -0.39 is 10.0 Å². The van der Waals surface area contributed by atoms with Crippen LogP contribution in [0, 0.1) is 20.8 Å². The first kappa shape index (κ1) is 20.5. The number of aromatic nitrogens is 1. The van der Waals surface area contributed by atoms with Gasteiger partial charge in [-0.2, -0.15) is 0 Å². The van der Waals surface area contributed by atoms with Crippen molar-refractivity contribution < 1.29 is 13.2 Å². The molecule has 0 atom stereocenters. The molecule has 2 N–H and O–H groups in total. The van der Waals surface area contributed by atoms with Crippen molar-refractivity contribution in [3.8, 4) is 0 Å². The summed E-state index contributed by atoms with van der Waals surface area (Å²) in [6.07, 6.45) is 1.65. The minimum Gasteiger partial charge on any atom is -0.346 e. The predicted molar refractivity (Wildman–Crippen MR) is 113 cm³/mol. The molecule has 1 heterocycles. The minimum absolute atomic E-state index is 0.0714. The first-order valence-corrected chi connectivity index (χ1v) is 10.6. The van der Waals surface area contributed by atoms with Crippen molar-refractivity contribution in [2.75, 3.05) is 4.72 Å². The van der Waals surface area contributed by atoms with E-state index in [2.05, 4.69) is 15.0 Å². The van der Waals surface area contributed by atoms with Crippen molar-refractivity contribution in [1.29, 1.82) is 0 Å². The fourth-order valence-corrected chi connectivity index (χ4v) is 4.36. The van der Waals surface area contributed by atoms with E-state index in [1.54, 1.807) is 49.5 Å². The Balaban J connectivity index is 1.82. The van der Waals surface area contributed by atoms with Crippen LogP contribution < -0.4 is 10.0 Å². The van der Waals surface area contributed by atoms with Crippen molar-refractivity contribution in [2.24, 2.45) is 0 Å². The van der Waals surface area contributed by atoms with Gasteiger partial charge >= 0.3 is 0 Å². The van der Waals surface area contributed by atoms with Crippen LogP contribution in [0.2, 0.25) is 0 Å². The molecule has 0 aliphatic carbocycles. The third-order valence-corrected chi connectivity index (χ3v) is 5.89. The zero-order chi connectivity index (χ0) is 21.0. The second kappa shape index (κ2) is 8.45. The molecule has 29 heavy (non-hydrogen) atoms. The number of rotatable bonds is 6. The maximum Gasteiger partial charge on any atom is 0.262 e. The number of hydrogen-bond acceptors (Lipinski definition) is 4. The van der Waals surface area contributed by atoms with E-state index in [1.165, 1.54) is 6.07 Å². The van der Waals surface area contributed by atoms with Crippen molar-refractivity contribution >= 4 is 21.6 Å². The largest absolute Gasteiger partial charge is 0.346 e. The summed E-state index contributed by atoms with van der Waals surface area (Å²) >= 11 is 0. The SMILES string of the molecule is Cc1cc(C)cc(NS(=O)(=O)c2cc(C(=O)NCc3ccccn3)ccc2C)c1. The molecule has 0 radical (unpaired) electrons. The number of benzene rings is 2. The van der Waals surface area contributed by atoms with Crippen molar-refractivity contribution in [2.45, 2.75) is 32.2 Å². The highest BCUT2D eigenvalue weighted by Crippen LogP contribution is 2.22. The van der Waals surface area contributed by atoms with Gasteiger partial charge in [0.05, 0.1) is 17.1 Å². The van der Waals surface area contributed by atoms with Crippen LogP contribution in [-0.2, 0) is 16.6 Å². The summed E-state index contributed by atoms with van der Waals surface area (Å²) in [5.74, 6) is -0.362. The minimum atomic E-state index is -3.84. The Bertz CT molecular complexity index is 1120. The number of carbonyl (C=O) groups is 1. The molecule has 0 aliphatic rings. The van der Waals surface area contributed by atoms with Crippen LogP contribution in [0.3, 0.4) is 0 Å². The number of nitrogens with zero attached hydrogens (tertiary/aromatic N) is 1. The van der Waals surface area contributed by atoms with Crippen LogP contribution in [0.4, 0.5) is 5.69 Å². The number of pyridine rings is 1. The topological polar surface area (TPSA) is 88.2 Å². The maximum absolute atomic E-state index is 12.9. The molecular weight excluding hydrogens is 386 g/mol. The fraction of sp³-hybridized carbons (Fsp3) is 0.182. The highest BCUT2D eigenvalue weighted by Gasteiger charge is 2.19. The summed E-state index contributed by atoms with van der Waals surface area (Å²) in [5.41, 5.74) is 3.96. The molecule has 2 aromatic carbocycles. The highest BCUT2D eigenvalue weighted by molar-refractivity contribution is 7.92. The molecule has 0 aliphatic heterocycles. The Labute approximate surface area is 171 Å². The van der Waals surface area contributed by atoms with Crippen LogP contribution in [0.15, 0.2) is 65.7 Å². The Morgan fingerprint density at radius 1 is 0.966 bits per heavy atom. The molecule has 3 rings (SSSR count). The van der Waals surface area contributed by atoms with Crippen LogP contribution in [-0.4, -0.2) is 19.3 Å². The van der Waals surface area contributed by atoms with E-state index in [4.69, 9.17) is 0 Å². The van der Waals surface area contributed by atoms with Gasteiger partial charge < -0.3 is 5.32 Å². The zero-order valence-corrected chi connectivity index (χ0v) is 17.4. The van der Waals surface area contributed by atoms with E-state index in [0.717, 1.165) is 16.8 Å². The van der Waals surface area contributed by atoms with Crippen LogP contribution >= 0.6 is 0 Å². The molecule has 0 fully saturated rings. The second-order valence-corrected chi connectivity index (χ2v) is 8.62. The molecule has 1 aromatic heterocycles. The molecule has 150 valence electrons. The monoisotopic (exact) mass is 409 g/mol. The second-order valence-electron chi connectivity index (χ2n) is 6.97. The number of carbonyl (C=O) groups excluding carboxylic acids is 1. The van der Waals surface area contributed by atoms with E-state index in [9.17, 15) is 13.2 Å². The lowest BCUT2D eigenvalue weighted by atomic mass is 10.1. The van der Waals surface area contributed by atoms with Gasteiger partial charge in [-0.25, -0.2) is 8.42 Å². The summed E-state index contributed by atoms with van der Waals surface area (Å²) in [5, 5.41) is 2.76. The number of sulfonamides is 1. The van der Waals surface area contributed by atoms with Gasteiger partial charge in [0.1, 0.15) is 0 Å². The normalized spacial score (nSPS) is 11.1. The van der Waals surface area contributed by atoms with E-state index in [-0.39, 0.29) is 22.9 Å². The molecular formula is C22H23N3O3S. The molecule has 0 saturated heterocycles. The zero-order valence-electron chi connectivity index (χ0n) is 16.6. The number of nitrogens with one attached hydrogen (secondary N) is 2. The first-order chi connectivity index (χ1) is 13.7. The lowest BCUT2D eigenvalue weighted by molar-refractivity contribution is 0.0950. The van der Waals surface area contributed by atoms with Crippen molar-refractivity contribution in [3.05, 3.63) is 88.7 Å². The molecule has 7 heteroatoms. The summed E-state index contributed by atoms with van der Waals surface area (Å²) in [6.45, 7) is 5.77. The summed E-state index contributed by atoms with van der Waals surface area (Å²) in [4.78, 5) is 16.7. The molecule has 0 bridgehead atoms. The Hall–Kier alpha value is -3.19. The molecule has 1 amide bonds. The van der Waals surface area contributed by atoms with Gasteiger partial charge in [-0.3, -0.25) is 14.5 Å². The smallest absolute Gasteiger partial charge is 0.262 e. The average Bonchev–Trinajstić information content (AvgIpc) is 2.66. The van der Waals surface area contributed by atoms with Crippen molar-refractivity contribution in [1.82, 2.24) is 10.3 Å².